The number of carbonyl (C=O) groups excluding carboxylic acids is 2. The highest BCUT2D eigenvalue weighted by molar-refractivity contribution is 6.53. The van der Waals surface area contributed by atoms with Crippen LogP contribution in [0.3, 0.4) is 0 Å². The van der Waals surface area contributed by atoms with E-state index in [1.807, 2.05) is 0 Å². The molecule has 1 aromatic rings. The van der Waals surface area contributed by atoms with Crippen molar-refractivity contribution in [3.63, 3.8) is 0 Å². The molecule has 1 fully saturated rings. The molecule has 0 spiro atoms. The summed E-state index contributed by atoms with van der Waals surface area (Å²) in [5.74, 6) is -40.4. The Morgan fingerprint density at radius 3 is 1.67 bits per heavy atom. The fourth-order valence-corrected chi connectivity index (χ4v) is 4.65. The van der Waals surface area contributed by atoms with Gasteiger partial charge in [-0.25, -0.2) is 0 Å². The quantitative estimate of drug-likeness (QED) is 0.108. The van der Waals surface area contributed by atoms with Crippen LogP contribution in [-0.4, -0.2) is 66.3 Å². The molecule has 2 unspecified atom stereocenters. The number of carbonyl (C=O) groups is 2. The molecule has 0 saturated carbocycles. The van der Waals surface area contributed by atoms with E-state index in [0.717, 1.165) is 5.46 Å². The minimum absolute atomic E-state index is 0.0865. The second-order valence-corrected chi connectivity index (χ2v) is 11.1. The number of hydrogen-bond donors (Lipinski definition) is 0. The molecule has 1 aliphatic heterocycles. The lowest BCUT2D eigenvalue weighted by Crippen LogP contribution is -2.70. The van der Waals surface area contributed by atoms with Crippen molar-refractivity contribution in [1.82, 2.24) is 4.90 Å². The topological polar surface area (TPSA) is 37.4 Å². The van der Waals surface area contributed by atoms with Crippen molar-refractivity contribution < 1.29 is 66.7 Å². The van der Waals surface area contributed by atoms with Crippen molar-refractivity contribution in [2.75, 3.05) is 6.54 Å². The van der Waals surface area contributed by atoms with Gasteiger partial charge in [0, 0.05) is 18.9 Å². The third-order valence-electron chi connectivity index (χ3n) is 6.98. The third-order valence-corrected chi connectivity index (χ3v) is 6.98. The van der Waals surface area contributed by atoms with Gasteiger partial charge in [0.25, 0.3) is 0 Å². The zero-order chi connectivity index (χ0) is 32.7. The molecule has 2 atom stereocenters. The Hall–Kier alpha value is -2.49. The fourth-order valence-electron chi connectivity index (χ4n) is 4.65. The number of benzene rings is 1. The SMILES string of the molecule is CC(C)(C)C1C(=O)N(CCCCC(F)(F)C(F)(F)C(F)(F)C(F)(F)C(F)(F)C(F)(F)F)C(=O)C1C[B]c1ccccc1. The fraction of sp³-hybridized carbons (Fsp3) is 0.680. The van der Waals surface area contributed by atoms with Crippen molar-refractivity contribution in [2.24, 2.45) is 17.3 Å². The van der Waals surface area contributed by atoms with E-state index in [2.05, 4.69) is 0 Å². The molecule has 1 radical (unpaired) electrons. The van der Waals surface area contributed by atoms with Crippen LogP contribution in [0.15, 0.2) is 30.3 Å². The molecule has 0 aromatic heterocycles. The Morgan fingerprint density at radius 1 is 0.690 bits per heavy atom. The Labute approximate surface area is 233 Å². The van der Waals surface area contributed by atoms with Crippen LogP contribution in [0.2, 0.25) is 6.32 Å². The summed E-state index contributed by atoms with van der Waals surface area (Å²) in [4.78, 5) is 26.7. The van der Waals surface area contributed by atoms with E-state index in [1.165, 1.54) is 0 Å². The van der Waals surface area contributed by atoms with E-state index in [0.29, 0.717) is 4.90 Å². The van der Waals surface area contributed by atoms with Gasteiger partial charge in [-0.2, -0.15) is 57.1 Å². The van der Waals surface area contributed by atoms with E-state index < -0.39 is 90.7 Å². The molecule has 1 heterocycles. The van der Waals surface area contributed by atoms with E-state index in [4.69, 9.17) is 0 Å². The first kappa shape index (κ1) is 35.7. The molecule has 237 valence electrons. The van der Waals surface area contributed by atoms with Crippen molar-refractivity contribution >= 4 is 24.6 Å². The predicted molar refractivity (Wildman–Crippen MR) is 124 cm³/mol. The average molecular weight is 630 g/mol. The molecule has 0 N–H and O–H groups in total. The van der Waals surface area contributed by atoms with Crippen LogP contribution >= 0.6 is 0 Å². The number of unbranched alkanes of at least 4 members (excludes halogenated alkanes) is 1. The maximum absolute atomic E-state index is 14.1. The zero-order valence-electron chi connectivity index (χ0n) is 22.3. The van der Waals surface area contributed by atoms with Crippen molar-refractivity contribution in [3.05, 3.63) is 30.3 Å². The number of imide groups is 1. The maximum atomic E-state index is 14.1. The van der Waals surface area contributed by atoms with Gasteiger partial charge in [0.1, 0.15) is 0 Å². The van der Waals surface area contributed by atoms with Gasteiger partial charge in [-0.3, -0.25) is 14.5 Å². The molecule has 1 saturated heterocycles. The summed E-state index contributed by atoms with van der Waals surface area (Å²) in [5.41, 5.74) is -0.0523. The van der Waals surface area contributed by atoms with Gasteiger partial charge < -0.3 is 0 Å². The summed E-state index contributed by atoms with van der Waals surface area (Å²) in [6, 6.07) is 8.64. The number of nitrogens with zero attached hydrogens (tertiary/aromatic N) is 1. The molecule has 17 heteroatoms. The average Bonchev–Trinajstić information content (AvgIpc) is 3.08. The highest BCUT2D eigenvalue weighted by atomic mass is 19.4. The summed E-state index contributed by atoms with van der Waals surface area (Å²) >= 11 is 0. The summed E-state index contributed by atoms with van der Waals surface area (Å²) in [7, 11) is 1.68. The Kier molecular flexibility index (Phi) is 9.82. The lowest BCUT2D eigenvalue weighted by atomic mass is 9.59. The van der Waals surface area contributed by atoms with Crippen LogP contribution in [0, 0.1) is 17.3 Å². The Balaban J connectivity index is 2.14. The highest BCUT2D eigenvalue weighted by Gasteiger charge is 2.90. The number of halogens is 13. The number of amides is 2. The molecule has 1 aliphatic rings. The van der Waals surface area contributed by atoms with Gasteiger partial charge >= 0.3 is 35.8 Å². The summed E-state index contributed by atoms with van der Waals surface area (Å²) < 4.78 is 173. The van der Waals surface area contributed by atoms with Crippen LogP contribution in [0.25, 0.3) is 0 Å². The van der Waals surface area contributed by atoms with Crippen LogP contribution < -0.4 is 5.46 Å². The van der Waals surface area contributed by atoms with Crippen LogP contribution in [0.1, 0.15) is 40.0 Å². The monoisotopic (exact) mass is 630 g/mol. The summed E-state index contributed by atoms with van der Waals surface area (Å²) in [5, 5.41) is 0. The van der Waals surface area contributed by atoms with Crippen molar-refractivity contribution in [1.29, 1.82) is 0 Å². The number of rotatable bonds is 12. The van der Waals surface area contributed by atoms with Crippen LogP contribution in [-0.2, 0) is 9.59 Å². The van der Waals surface area contributed by atoms with Gasteiger partial charge in [0.15, 0.2) is 7.28 Å². The Bertz CT molecular complexity index is 1120. The first-order valence-electron chi connectivity index (χ1n) is 12.4. The molecule has 0 aliphatic carbocycles. The lowest BCUT2D eigenvalue weighted by Gasteiger charge is -2.39. The Morgan fingerprint density at radius 2 is 1.19 bits per heavy atom. The number of alkyl halides is 13. The second kappa shape index (κ2) is 11.5. The summed E-state index contributed by atoms with van der Waals surface area (Å²) in [6.07, 6.45) is -11.7. The molecular weight excluding hydrogens is 604 g/mol. The molecular formula is C25H26BF13NO2. The van der Waals surface area contributed by atoms with Crippen molar-refractivity contribution in [2.45, 2.75) is 82.1 Å². The smallest absolute Gasteiger partial charge is 0.282 e. The van der Waals surface area contributed by atoms with Crippen LogP contribution in [0.5, 0.6) is 0 Å². The standard InChI is InChI=1S/C25H26BF13NO2/c1-19(2,3)16-15(13-26-14-9-5-4-6-10-14)17(41)40(18(16)42)12-8-7-11-20(27,28)21(29,30)22(31,32)23(33,34)24(35,36)25(37,38)39/h4-6,9-10,15-16H,7-8,11-13H2,1-3H3. The first-order valence-corrected chi connectivity index (χ1v) is 12.4. The number of hydrogen-bond acceptors (Lipinski definition) is 2. The largest absolute Gasteiger partial charge is 0.460 e. The van der Waals surface area contributed by atoms with Crippen LogP contribution in [0.4, 0.5) is 57.1 Å². The van der Waals surface area contributed by atoms with E-state index in [1.54, 1.807) is 58.4 Å². The third kappa shape index (κ3) is 6.24. The van der Waals surface area contributed by atoms with E-state index in [-0.39, 0.29) is 6.32 Å². The van der Waals surface area contributed by atoms with Gasteiger partial charge in [-0.1, -0.05) is 62.9 Å². The molecule has 2 amide bonds. The molecule has 3 nitrogen and oxygen atoms in total. The lowest BCUT2D eigenvalue weighted by molar-refractivity contribution is -0.440. The second-order valence-electron chi connectivity index (χ2n) is 11.1. The molecule has 1 aromatic carbocycles. The normalized spacial score (nSPS) is 20.0. The van der Waals surface area contributed by atoms with E-state index >= 15 is 0 Å². The number of likely N-dealkylation sites (tertiary alicyclic amines) is 1. The van der Waals surface area contributed by atoms with Gasteiger partial charge in [-0.05, 0) is 18.3 Å². The molecule has 0 bridgehead atoms. The first-order chi connectivity index (χ1) is 18.8. The van der Waals surface area contributed by atoms with E-state index in [9.17, 15) is 66.7 Å². The van der Waals surface area contributed by atoms with Gasteiger partial charge in [-0.15, -0.1) is 0 Å². The predicted octanol–water partition coefficient (Wildman–Crippen LogP) is 6.99. The maximum Gasteiger partial charge on any atom is 0.460 e. The highest BCUT2D eigenvalue weighted by Crippen LogP contribution is 2.60. The van der Waals surface area contributed by atoms with Gasteiger partial charge in [0.05, 0.1) is 5.92 Å². The van der Waals surface area contributed by atoms with Gasteiger partial charge in [0.2, 0.25) is 11.8 Å². The molecule has 42 heavy (non-hydrogen) atoms. The minimum Gasteiger partial charge on any atom is -0.282 e. The van der Waals surface area contributed by atoms with Crippen molar-refractivity contribution in [3.8, 4) is 0 Å². The summed E-state index contributed by atoms with van der Waals surface area (Å²) in [6.45, 7) is 4.31. The minimum atomic E-state index is -7.95. The zero-order valence-corrected chi connectivity index (χ0v) is 22.3. The molecule has 2 rings (SSSR count).